The van der Waals surface area contributed by atoms with E-state index >= 15 is 0 Å². The van der Waals surface area contributed by atoms with Crippen LogP contribution in [0.1, 0.15) is 43.5 Å². The summed E-state index contributed by atoms with van der Waals surface area (Å²) in [6.45, 7) is 4.95. The number of nitrogens with one attached hydrogen (secondary N) is 2. The van der Waals surface area contributed by atoms with Gasteiger partial charge in [-0.05, 0) is 51.3 Å². The second-order valence-electron chi connectivity index (χ2n) is 6.98. The lowest BCUT2D eigenvalue weighted by atomic mass is 10.1. The molecule has 2 bridgehead atoms. The van der Waals surface area contributed by atoms with Gasteiger partial charge in [0.1, 0.15) is 0 Å². The number of hydrogen-bond donors (Lipinski definition) is 2. The fourth-order valence-electron chi connectivity index (χ4n) is 3.48. The highest BCUT2D eigenvalue weighted by molar-refractivity contribution is 7.89. The molecular weight excluding hydrogens is 326 g/mol. The molecule has 2 fully saturated rings. The summed E-state index contributed by atoms with van der Waals surface area (Å²) in [6, 6.07) is 6.99. The Kier molecular flexibility index (Phi) is 4.94. The van der Waals surface area contributed by atoms with E-state index in [1.165, 1.54) is 18.6 Å². The lowest BCUT2D eigenvalue weighted by Crippen LogP contribution is -2.39. The smallest absolute Gasteiger partial charge is 0.253 e. The molecule has 0 aromatic heterocycles. The number of nitrogens with zero attached hydrogens (tertiary/aromatic N) is 1. The lowest BCUT2D eigenvalue weighted by molar-refractivity contribution is 0.0748. The second kappa shape index (κ2) is 6.82. The van der Waals surface area contributed by atoms with Crippen LogP contribution in [0.15, 0.2) is 29.2 Å². The molecule has 3 rings (SSSR count). The lowest BCUT2D eigenvalue weighted by Gasteiger charge is -2.24. The van der Waals surface area contributed by atoms with Crippen LogP contribution in [0.5, 0.6) is 0 Å². The van der Waals surface area contributed by atoms with Crippen LogP contribution < -0.4 is 10.0 Å². The number of likely N-dealkylation sites (tertiary alicyclic amines) is 1. The fourth-order valence-corrected chi connectivity index (χ4v) is 4.78. The summed E-state index contributed by atoms with van der Waals surface area (Å²) in [4.78, 5) is 14.8. The standard InChI is InChI=1S/C17H25N3O3S/c1-12(2)19-24(22,23)16-5-3-4-13(10-16)17(21)20-9-8-14-6-7-15(11-20)18-14/h3-5,10,12,14-15,18-19H,6-9,11H2,1-2H3. The molecule has 0 spiro atoms. The highest BCUT2D eigenvalue weighted by Crippen LogP contribution is 2.22. The molecule has 0 saturated carbocycles. The van der Waals surface area contributed by atoms with E-state index in [9.17, 15) is 13.2 Å². The number of benzene rings is 1. The first-order chi connectivity index (χ1) is 11.3. The summed E-state index contributed by atoms with van der Waals surface area (Å²) in [5, 5.41) is 3.55. The van der Waals surface area contributed by atoms with Crippen molar-refractivity contribution in [1.29, 1.82) is 0 Å². The normalized spacial score (nSPS) is 24.2. The van der Waals surface area contributed by atoms with Crippen LogP contribution in [-0.4, -0.2) is 50.4 Å². The number of carbonyl (C=O) groups excluding carboxylic acids is 1. The van der Waals surface area contributed by atoms with Gasteiger partial charge >= 0.3 is 0 Å². The van der Waals surface area contributed by atoms with Gasteiger partial charge in [0, 0.05) is 36.8 Å². The van der Waals surface area contributed by atoms with Crippen molar-refractivity contribution < 1.29 is 13.2 Å². The highest BCUT2D eigenvalue weighted by Gasteiger charge is 2.31. The number of fused-ring (bicyclic) bond motifs is 2. The van der Waals surface area contributed by atoms with Crippen LogP contribution >= 0.6 is 0 Å². The molecule has 2 aliphatic heterocycles. The monoisotopic (exact) mass is 351 g/mol. The molecule has 2 unspecified atom stereocenters. The molecule has 2 aliphatic rings. The van der Waals surface area contributed by atoms with Crippen LogP contribution in [0.25, 0.3) is 0 Å². The summed E-state index contributed by atoms with van der Waals surface area (Å²) in [5.41, 5.74) is 0.430. The fraction of sp³-hybridized carbons (Fsp3) is 0.588. The Hall–Kier alpha value is -1.44. The Labute approximate surface area is 143 Å². The molecule has 1 amide bonds. The Morgan fingerprint density at radius 1 is 1.25 bits per heavy atom. The zero-order chi connectivity index (χ0) is 17.3. The Morgan fingerprint density at radius 3 is 2.75 bits per heavy atom. The number of sulfonamides is 1. The largest absolute Gasteiger partial charge is 0.337 e. The van der Waals surface area contributed by atoms with Crippen molar-refractivity contribution in [3.05, 3.63) is 29.8 Å². The van der Waals surface area contributed by atoms with Gasteiger partial charge in [-0.15, -0.1) is 0 Å². The number of rotatable bonds is 4. The molecule has 6 nitrogen and oxygen atoms in total. The van der Waals surface area contributed by atoms with E-state index in [-0.39, 0.29) is 16.8 Å². The topological polar surface area (TPSA) is 78.5 Å². The molecule has 2 saturated heterocycles. The molecule has 1 aromatic carbocycles. The van der Waals surface area contributed by atoms with Crippen molar-refractivity contribution >= 4 is 15.9 Å². The zero-order valence-electron chi connectivity index (χ0n) is 14.2. The number of hydrogen-bond acceptors (Lipinski definition) is 4. The molecule has 132 valence electrons. The molecule has 2 N–H and O–H groups in total. The second-order valence-corrected chi connectivity index (χ2v) is 8.70. The molecule has 0 radical (unpaired) electrons. The SMILES string of the molecule is CC(C)NS(=O)(=O)c1cccc(C(=O)N2CCC3CCC(C2)N3)c1. The maximum absolute atomic E-state index is 12.8. The van der Waals surface area contributed by atoms with Crippen LogP contribution in [0, 0.1) is 0 Å². The van der Waals surface area contributed by atoms with Gasteiger partial charge in [0.15, 0.2) is 0 Å². The predicted molar refractivity (Wildman–Crippen MR) is 92.4 cm³/mol. The van der Waals surface area contributed by atoms with Gasteiger partial charge in [0.25, 0.3) is 5.91 Å². The van der Waals surface area contributed by atoms with E-state index in [0.717, 1.165) is 12.8 Å². The number of carbonyl (C=O) groups is 1. The van der Waals surface area contributed by atoms with E-state index in [4.69, 9.17) is 0 Å². The van der Waals surface area contributed by atoms with Crippen molar-refractivity contribution in [3.8, 4) is 0 Å². The summed E-state index contributed by atoms with van der Waals surface area (Å²) >= 11 is 0. The third kappa shape index (κ3) is 3.79. The zero-order valence-corrected chi connectivity index (χ0v) is 15.0. The third-order valence-corrected chi connectivity index (χ3v) is 6.25. The highest BCUT2D eigenvalue weighted by atomic mass is 32.2. The Morgan fingerprint density at radius 2 is 2.00 bits per heavy atom. The minimum absolute atomic E-state index is 0.0917. The Balaban J connectivity index is 1.79. The molecule has 1 aromatic rings. The predicted octanol–water partition coefficient (Wildman–Crippen LogP) is 1.34. The van der Waals surface area contributed by atoms with E-state index in [1.807, 2.05) is 4.90 Å². The van der Waals surface area contributed by atoms with Gasteiger partial charge in [-0.25, -0.2) is 13.1 Å². The van der Waals surface area contributed by atoms with Crippen LogP contribution in [-0.2, 0) is 10.0 Å². The molecule has 7 heteroatoms. The molecular formula is C17H25N3O3S. The van der Waals surface area contributed by atoms with Gasteiger partial charge in [-0.2, -0.15) is 0 Å². The van der Waals surface area contributed by atoms with Crippen LogP contribution in [0.2, 0.25) is 0 Å². The molecule has 2 atom stereocenters. The van der Waals surface area contributed by atoms with Gasteiger partial charge in [0.05, 0.1) is 4.90 Å². The third-order valence-electron chi connectivity index (χ3n) is 4.59. The van der Waals surface area contributed by atoms with Crippen molar-refractivity contribution in [2.24, 2.45) is 0 Å². The average molecular weight is 351 g/mol. The number of amides is 1. The van der Waals surface area contributed by atoms with E-state index in [1.54, 1.807) is 26.0 Å². The van der Waals surface area contributed by atoms with Crippen molar-refractivity contribution in [1.82, 2.24) is 14.9 Å². The van der Waals surface area contributed by atoms with E-state index in [2.05, 4.69) is 10.0 Å². The first kappa shape index (κ1) is 17.4. The maximum atomic E-state index is 12.8. The summed E-state index contributed by atoms with van der Waals surface area (Å²) in [6.07, 6.45) is 3.23. The average Bonchev–Trinajstić information content (AvgIpc) is 2.85. The van der Waals surface area contributed by atoms with Gasteiger partial charge < -0.3 is 10.2 Å². The van der Waals surface area contributed by atoms with Gasteiger partial charge in [-0.3, -0.25) is 4.79 Å². The van der Waals surface area contributed by atoms with Crippen LogP contribution in [0.4, 0.5) is 0 Å². The van der Waals surface area contributed by atoms with E-state index < -0.39 is 10.0 Å². The molecule has 0 aliphatic carbocycles. The van der Waals surface area contributed by atoms with E-state index in [0.29, 0.717) is 30.7 Å². The first-order valence-corrected chi connectivity index (χ1v) is 10.0. The molecule has 2 heterocycles. The maximum Gasteiger partial charge on any atom is 0.253 e. The van der Waals surface area contributed by atoms with Gasteiger partial charge in [-0.1, -0.05) is 6.07 Å². The minimum Gasteiger partial charge on any atom is -0.337 e. The Bertz CT molecular complexity index is 718. The minimum atomic E-state index is -3.59. The summed E-state index contributed by atoms with van der Waals surface area (Å²) in [7, 11) is -3.59. The van der Waals surface area contributed by atoms with Crippen LogP contribution in [0.3, 0.4) is 0 Å². The summed E-state index contributed by atoms with van der Waals surface area (Å²) < 4.78 is 27.2. The first-order valence-electron chi connectivity index (χ1n) is 8.53. The molecule has 24 heavy (non-hydrogen) atoms. The van der Waals surface area contributed by atoms with Gasteiger partial charge in [0.2, 0.25) is 10.0 Å². The van der Waals surface area contributed by atoms with Crippen molar-refractivity contribution in [2.75, 3.05) is 13.1 Å². The quantitative estimate of drug-likeness (QED) is 0.858. The van der Waals surface area contributed by atoms with Crippen molar-refractivity contribution in [3.63, 3.8) is 0 Å². The van der Waals surface area contributed by atoms with Crippen molar-refractivity contribution in [2.45, 2.75) is 56.1 Å². The summed E-state index contributed by atoms with van der Waals surface area (Å²) in [5.74, 6) is -0.0917.